The van der Waals surface area contributed by atoms with Crippen molar-refractivity contribution in [3.05, 3.63) is 69.8 Å². The van der Waals surface area contributed by atoms with Gasteiger partial charge >= 0.3 is 12.4 Å². The van der Waals surface area contributed by atoms with Crippen molar-refractivity contribution in [1.29, 1.82) is 0 Å². The standard InChI is InChI=1S/C30H33F6N3OS.2ClH/c1-21-5-6-23(15-22(21)2)16-27-20-38(8-4-3-7-37-11-13-41-14-12-37)9-10-39(27)28(40)24-17-25(29(31,32)33)19-26(18-24)30(34,35)36;;/h5-6,15,17-19,27H,7-14,16,20H2,1-2H3;2*1H/t27-;;/m1../s1. The molecule has 238 valence electrons. The summed E-state index contributed by atoms with van der Waals surface area (Å²) in [7, 11) is 0. The zero-order chi connectivity index (χ0) is 29.8. The monoisotopic (exact) mass is 669 g/mol. The maximum Gasteiger partial charge on any atom is 0.416 e. The molecule has 2 saturated heterocycles. The zero-order valence-corrected chi connectivity index (χ0v) is 26.3. The van der Waals surface area contributed by atoms with Crippen LogP contribution in [0.5, 0.6) is 0 Å². The molecule has 0 bridgehead atoms. The Labute approximate surface area is 265 Å². The van der Waals surface area contributed by atoms with Crippen molar-refractivity contribution in [3.63, 3.8) is 0 Å². The number of halogens is 8. The second kappa shape index (κ2) is 15.8. The van der Waals surface area contributed by atoms with Gasteiger partial charge in [0, 0.05) is 55.8 Å². The van der Waals surface area contributed by atoms with E-state index in [1.807, 2.05) is 43.8 Å². The highest BCUT2D eigenvalue weighted by Crippen LogP contribution is 2.37. The van der Waals surface area contributed by atoms with Crippen molar-refractivity contribution < 1.29 is 31.1 Å². The highest BCUT2D eigenvalue weighted by atomic mass is 35.5. The van der Waals surface area contributed by atoms with Gasteiger partial charge in [-0.15, -0.1) is 24.8 Å². The van der Waals surface area contributed by atoms with Gasteiger partial charge in [0.25, 0.3) is 5.91 Å². The molecule has 2 aromatic rings. The van der Waals surface area contributed by atoms with Crippen LogP contribution in [0.3, 0.4) is 0 Å². The lowest BCUT2D eigenvalue weighted by molar-refractivity contribution is -0.143. The number of hydrogen-bond acceptors (Lipinski definition) is 4. The van der Waals surface area contributed by atoms with E-state index in [0.29, 0.717) is 44.7 Å². The van der Waals surface area contributed by atoms with Gasteiger partial charge in [-0.1, -0.05) is 30.0 Å². The fraction of sp³-hybridized carbons (Fsp3) is 0.500. The summed E-state index contributed by atoms with van der Waals surface area (Å²) in [5, 5.41) is 0. The van der Waals surface area contributed by atoms with Crippen LogP contribution in [0.1, 0.15) is 38.2 Å². The predicted octanol–water partition coefficient (Wildman–Crippen LogP) is 6.61. The first-order valence-corrected chi connectivity index (χ1v) is 14.6. The number of piperazine rings is 1. The van der Waals surface area contributed by atoms with Crippen molar-refractivity contribution in [2.75, 3.05) is 57.3 Å². The summed E-state index contributed by atoms with van der Waals surface area (Å²) in [6, 6.07) is 6.52. The Morgan fingerprint density at radius 2 is 1.40 bits per heavy atom. The van der Waals surface area contributed by atoms with Gasteiger partial charge in [0.05, 0.1) is 24.2 Å². The minimum Gasteiger partial charge on any atom is -0.333 e. The van der Waals surface area contributed by atoms with Gasteiger partial charge in [-0.3, -0.25) is 14.6 Å². The van der Waals surface area contributed by atoms with Crippen LogP contribution in [0.4, 0.5) is 26.3 Å². The minimum atomic E-state index is -5.03. The number of hydrogen-bond donors (Lipinski definition) is 0. The molecule has 1 amide bonds. The second-order valence-electron chi connectivity index (χ2n) is 10.5. The molecule has 4 nitrogen and oxygen atoms in total. The van der Waals surface area contributed by atoms with Gasteiger partial charge in [-0.05, 0) is 55.2 Å². The first-order valence-electron chi connectivity index (χ1n) is 13.5. The normalized spacial score (nSPS) is 18.2. The molecule has 0 spiro atoms. The first kappa shape index (κ1) is 37.1. The van der Waals surface area contributed by atoms with E-state index < -0.39 is 41.0 Å². The fourth-order valence-corrected chi connectivity index (χ4v) is 6.03. The molecule has 43 heavy (non-hydrogen) atoms. The number of carbonyl (C=O) groups is 1. The maximum atomic E-state index is 13.6. The molecular formula is C30H35Cl2F6N3OS. The van der Waals surface area contributed by atoms with Crippen molar-refractivity contribution in [2.45, 2.75) is 38.7 Å². The molecule has 2 fully saturated rings. The van der Waals surface area contributed by atoms with Crippen LogP contribution >= 0.6 is 36.6 Å². The number of carbonyl (C=O) groups excluding carboxylic acids is 1. The molecule has 0 aliphatic carbocycles. The van der Waals surface area contributed by atoms with Crippen LogP contribution in [0.25, 0.3) is 0 Å². The van der Waals surface area contributed by atoms with E-state index in [2.05, 4.69) is 21.6 Å². The van der Waals surface area contributed by atoms with Crippen LogP contribution in [0, 0.1) is 25.7 Å². The lowest BCUT2D eigenvalue weighted by Crippen LogP contribution is -2.56. The Balaban J connectivity index is 0.00000323. The van der Waals surface area contributed by atoms with Crippen LogP contribution in [0.15, 0.2) is 36.4 Å². The molecular weight excluding hydrogens is 635 g/mol. The third-order valence-corrected chi connectivity index (χ3v) is 8.48. The van der Waals surface area contributed by atoms with Crippen molar-refractivity contribution >= 4 is 42.5 Å². The van der Waals surface area contributed by atoms with E-state index in [1.54, 1.807) is 0 Å². The lowest BCUT2D eigenvalue weighted by Gasteiger charge is -2.41. The molecule has 0 unspecified atom stereocenters. The largest absolute Gasteiger partial charge is 0.416 e. The highest BCUT2D eigenvalue weighted by molar-refractivity contribution is 7.99. The summed E-state index contributed by atoms with van der Waals surface area (Å²) in [6.45, 7) is 8.08. The Bertz CT molecular complexity index is 1270. The smallest absolute Gasteiger partial charge is 0.333 e. The van der Waals surface area contributed by atoms with Crippen molar-refractivity contribution in [1.82, 2.24) is 14.7 Å². The molecule has 2 heterocycles. The number of rotatable bonds is 5. The average Bonchev–Trinajstić information content (AvgIpc) is 2.92. The third-order valence-electron chi connectivity index (χ3n) is 7.54. The van der Waals surface area contributed by atoms with Gasteiger partial charge in [0.2, 0.25) is 0 Å². The van der Waals surface area contributed by atoms with Gasteiger partial charge in [0.15, 0.2) is 0 Å². The quantitative estimate of drug-likeness (QED) is 0.265. The summed E-state index contributed by atoms with van der Waals surface area (Å²) < 4.78 is 80.9. The lowest BCUT2D eigenvalue weighted by atomic mass is 9.97. The molecule has 2 aliphatic rings. The second-order valence-corrected chi connectivity index (χ2v) is 11.8. The summed E-state index contributed by atoms with van der Waals surface area (Å²) in [6.07, 6.45) is -9.65. The number of benzene rings is 2. The Morgan fingerprint density at radius 3 is 1.95 bits per heavy atom. The number of aryl methyl sites for hydroxylation is 2. The number of thioether (sulfide) groups is 1. The fourth-order valence-electron chi connectivity index (χ4n) is 5.05. The van der Waals surface area contributed by atoms with Gasteiger partial charge in [-0.25, -0.2) is 0 Å². The average molecular weight is 671 g/mol. The molecule has 2 aromatic carbocycles. The molecule has 0 radical (unpaired) electrons. The third kappa shape index (κ3) is 10.2. The first-order chi connectivity index (χ1) is 19.3. The van der Waals surface area contributed by atoms with Crippen LogP contribution < -0.4 is 0 Å². The molecule has 4 rings (SSSR count). The van der Waals surface area contributed by atoms with Crippen LogP contribution in [-0.4, -0.2) is 84.0 Å². The van der Waals surface area contributed by atoms with E-state index in [0.717, 1.165) is 41.3 Å². The van der Waals surface area contributed by atoms with E-state index in [1.165, 1.54) is 4.90 Å². The van der Waals surface area contributed by atoms with E-state index >= 15 is 0 Å². The Hall–Kier alpha value is -2.10. The Kier molecular flexibility index (Phi) is 13.6. The van der Waals surface area contributed by atoms with Gasteiger partial charge in [0.1, 0.15) is 0 Å². The van der Waals surface area contributed by atoms with Gasteiger partial charge in [-0.2, -0.15) is 38.1 Å². The summed E-state index contributed by atoms with van der Waals surface area (Å²) in [4.78, 5) is 19.4. The Morgan fingerprint density at radius 1 is 0.814 bits per heavy atom. The predicted molar refractivity (Wildman–Crippen MR) is 163 cm³/mol. The van der Waals surface area contributed by atoms with Crippen LogP contribution in [0.2, 0.25) is 0 Å². The molecule has 0 saturated carbocycles. The number of alkyl halides is 6. The van der Waals surface area contributed by atoms with E-state index in [4.69, 9.17) is 0 Å². The molecule has 2 aliphatic heterocycles. The zero-order valence-electron chi connectivity index (χ0n) is 23.9. The van der Waals surface area contributed by atoms with Gasteiger partial charge < -0.3 is 4.90 Å². The molecule has 13 heteroatoms. The van der Waals surface area contributed by atoms with Crippen molar-refractivity contribution in [2.24, 2.45) is 0 Å². The van der Waals surface area contributed by atoms with Crippen LogP contribution in [-0.2, 0) is 18.8 Å². The van der Waals surface area contributed by atoms with E-state index in [9.17, 15) is 31.1 Å². The van der Waals surface area contributed by atoms with E-state index in [-0.39, 0.29) is 37.4 Å². The minimum absolute atomic E-state index is 0. The number of amides is 1. The molecule has 0 aromatic heterocycles. The molecule has 0 N–H and O–H groups in total. The maximum absolute atomic E-state index is 13.6. The topological polar surface area (TPSA) is 26.8 Å². The summed E-state index contributed by atoms with van der Waals surface area (Å²) in [5.41, 5.74) is -0.525. The SMILES string of the molecule is Cc1ccc(C[C@@H]2CN(CC#CCN3CCSCC3)CCN2C(=O)c2cc(C(F)(F)F)cc(C(F)(F)F)c2)cc1C.Cl.Cl. The van der Waals surface area contributed by atoms with Crippen molar-refractivity contribution in [3.8, 4) is 11.8 Å². The summed E-state index contributed by atoms with van der Waals surface area (Å²) >= 11 is 1.93. The highest BCUT2D eigenvalue weighted by Gasteiger charge is 2.39. The number of nitrogens with zero attached hydrogens (tertiary/aromatic N) is 3. The summed E-state index contributed by atoms with van der Waals surface area (Å²) in [5.74, 6) is 7.75. The molecule has 1 atom stereocenters.